The number of rotatable bonds is 2. The molecule has 1 aliphatic rings. The summed E-state index contributed by atoms with van der Waals surface area (Å²) in [6.07, 6.45) is 2.93. The van der Waals surface area contributed by atoms with Crippen LogP contribution in [0.25, 0.3) is 0 Å². The van der Waals surface area contributed by atoms with E-state index < -0.39 is 0 Å². The summed E-state index contributed by atoms with van der Waals surface area (Å²) in [5.74, 6) is 0.918. The lowest BCUT2D eigenvalue weighted by Crippen LogP contribution is -1.95. The summed E-state index contributed by atoms with van der Waals surface area (Å²) in [6.45, 7) is 0. The SMILES string of the molecule is O=CC1=CCS[C@H]1c1ccc(Cl)cc1. The predicted molar refractivity (Wildman–Crippen MR) is 60.8 cm³/mol. The number of thioether (sulfide) groups is 1. The molecule has 0 N–H and O–H groups in total. The Balaban J connectivity index is 2.27. The summed E-state index contributed by atoms with van der Waals surface area (Å²) in [4.78, 5) is 10.8. The Hall–Kier alpha value is -0.730. The van der Waals surface area contributed by atoms with Crippen LogP contribution in [0.2, 0.25) is 5.02 Å². The van der Waals surface area contributed by atoms with E-state index >= 15 is 0 Å². The van der Waals surface area contributed by atoms with Gasteiger partial charge in [0.05, 0.1) is 5.25 Å². The molecule has 0 saturated carbocycles. The molecule has 72 valence electrons. The fourth-order valence-electron chi connectivity index (χ4n) is 1.48. The van der Waals surface area contributed by atoms with Crippen molar-refractivity contribution in [1.29, 1.82) is 0 Å². The molecule has 0 aromatic heterocycles. The largest absolute Gasteiger partial charge is 0.298 e. The van der Waals surface area contributed by atoms with Crippen molar-refractivity contribution in [2.45, 2.75) is 5.25 Å². The molecule has 0 aliphatic carbocycles. The highest BCUT2D eigenvalue weighted by atomic mass is 35.5. The Morgan fingerprint density at radius 2 is 2.07 bits per heavy atom. The quantitative estimate of drug-likeness (QED) is 0.718. The molecule has 1 aliphatic heterocycles. The van der Waals surface area contributed by atoms with Crippen molar-refractivity contribution in [2.75, 3.05) is 5.75 Å². The third kappa shape index (κ3) is 1.86. The van der Waals surface area contributed by atoms with Crippen molar-refractivity contribution in [2.24, 2.45) is 0 Å². The third-order valence-corrected chi connectivity index (χ3v) is 3.68. The van der Waals surface area contributed by atoms with E-state index in [4.69, 9.17) is 11.6 Å². The highest BCUT2D eigenvalue weighted by Gasteiger charge is 2.20. The summed E-state index contributed by atoms with van der Waals surface area (Å²) in [7, 11) is 0. The van der Waals surface area contributed by atoms with Crippen molar-refractivity contribution in [3.63, 3.8) is 0 Å². The van der Waals surface area contributed by atoms with Gasteiger partial charge in [-0.15, -0.1) is 11.8 Å². The van der Waals surface area contributed by atoms with Crippen LogP contribution >= 0.6 is 23.4 Å². The first-order valence-electron chi connectivity index (χ1n) is 4.33. The lowest BCUT2D eigenvalue weighted by molar-refractivity contribution is -0.105. The molecule has 3 heteroatoms. The van der Waals surface area contributed by atoms with Crippen LogP contribution in [0.1, 0.15) is 10.8 Å². The summed E-state index contributed by atoms with van der Waals surface area (Å²) >= 11 is 7.56. The highest BCUT2D eigenvalue weighted by Crippen LogP contribution is 2.39. The van der Waals surface area contributed by atoms with E-state index in [1.165, 1.54) is 0 Å². The van der Waals surface area contributed by atoms with Gasteiger partial charge in [-0.05, 0) is 17.7 Å². The Kier molecular flexibility index (Phi) is 2.94. The maximum atomic E-state index is 10.8. The van der Waals surface area contributed by atoms with Gasteiger partial charge in [-0.2, -0.15) is 0 Å². The lowest BCUT2D eigenvalue weighted by Gasteiger charge is -2.10. The summed E-state index contributed by atoms with van der Waals surface area (Å²) in [5.41, 5.74) is 2.02. The Bertz CT molecular complexity index is 369. The molecule has 1 nitrogen and oxygen atoms in total. The minimum absolute atomic E-state index is 0.199. The minimum Gasteiger partial charge on any atom is -0.298 e. The van der Waals surface area contributed by atoms with Gasteiger partial charge in [0.1, 0.15) is 6.29 Å². The average molecular weight is 225 g/mol. The number of aldehydes is 1. The zero-order chi connectivity index (χ0) is 9.97. The van der Waals surface area contributed by atoms with Crippen molar-refractivity contribution in [3.8, 4) is 0 Å². The van der Waals surface area contributed by atoms with Crippen molar-refractivity contribution in [1.82, 2.24) is 0 Å². The number of carbonyl (C=O) groups is 1. The normalized spacial score (nSPS) is 20.6. The van der Waals surface area contributed by atoms with Gasteiger partial charge in [0, 0.05) is 16.3 Å². The van der Waals surface area contributed by atoms with Crippen LogP contribution in [0.3, 0.4) is 0 Å². The standard InChI is InChI=1S/C11H9ClOS/c12-10-3-1-8(2-4-10)11-9(7-13)5-6-14-11/h1-5,7,11H,6H2/t11-/m0/s1. The Morgan fingerprint density at radius 3 is 2.71 bits per heavy atom. The van der Waals surface area contributed by atoms with Gasteiger partial charge in [-0.25, -0.2) is 0 Å². The van der Waals surface area contributed by atoms with Gasteiger partial charge in [0.2, 0.25) is 0 Å². The molecule has 14 heavy (non-hydrogen) atoms. The average Bonchev–Trinajstić information content (AvgIpc) is 2.67. The summed E-state index contributed by atoms with van der Waals surface area (Å²) < 4.78 is 0. The number of benzene rings is 1. The molecule has 0 amide bonds. The van der Waals surface area contributed by atoms with Crippen LogP contribution in [-0.4, -0.2) is 12.0 Å². The highest BCUT2D eigenvalue weighted by molar-refractivity contribution is 8.00. The molecule has 0 bridgehead atoms. The van der Waals surface area contributed by atoms with E-state index in [0.717, 1.165) is 28.2 Å². The summed E-state index contributed by atoms with van der Waals surface area (Å²) in [5, 5.41) is 0.929. The maximum absolute atomic E-state index is 10.8. The Morgan fingerprint density at radius 1 is 1.36 bits per heavy atom. The van der Waals surface area contributed by atoms with Crippen LogP contribution < -0.4 is 0 Å². The van der Waals surface area contributed by atoms with E-state index in [9.17, 15) is 4.79 Å². The fourth-order valence-corrected chi connectivity index (χ4v) is 2.78. The predicted octanol–water partition coefficient (Wildman–Crippen LogP) is 3.25. The molecule has 1 atom stereocenters. The molecule has 0 radical (unpaired) electrons. The van der Waals surface area contributed by atoms with E-state index in [1.54, 1.807) is 11.8 Å². The second-order valence-corrected chi connectivity index (χ2v) is 4.66. The number of hydrogen-bond donors (Lipinski definition) is 0. The molecule has 0 fully saturated rings. The van der Waals surface area contributed by atoms with Crippen molar-refractivity contribution >= 4 is 29.6 Å². The zero-order valence-electron chi connectivity index (χ0n) is 7.44. The van der Waals surface area contributed by atoms with Gasteiger partial charge in [0.15, 0.2) is 0 Å². The van der Waals surface area contributed by atoms with Crippen LogP contribution in [0.4, 0.5) is 0 Å². The molecule has 0 unspecified atom stereocenters. The van der Waals surface area contributed by atoms with E-state index in [0.29, 0.717) is 0 Å². The van der Waals surface area contributed by atoms with E-state index in [-0.39, 0.29) is 5.25 Å². The first-order chi connectivity index (χ1) is 6.81. The molecule has 0 spiro atoms. The monoisotopic (exact) mass is 224 g/mol. The number of halogens is 1. The zero-order valence-corrected chi connectivity index (χ0v) is 9.02. The number of hydrogen-bond acceptors (Lipinski definition) is 2. The second-order valence-electron chi connectivity index (χ2n) is 3.09. The minimum atomic E-state index is 0.199. The number of carbonyl (C=O) groups excluding carboxylic acids is 1. The molecular formula is C11H9ClOS. The topological polar surface area (TPSA) is 17.1 Å². The van der Waals surface area contributed by atoms with Crippen LogP contribution in [0.5, 0.6) is 0 Å². The summed E-state index contributed by atoms with van der Waals surface area (Å²) in [6, 6.07) is 7.67. The van der Waals surface area contributed by atoms with Crippen LogP contribution in [0, 0.1) is 0 Å². The van der Waals surface area contributed by atoms with E-state index in [2.05, 4.69) is 0 Å². The van der Waals surface area contributed by atoms with Crippen molar-refractivity contribution in [3.05, 3.63) is 46.5 Å². The van der Waals surface area contributed by atoms with Gasteiger partial charge < -0.3 is 0 Å². The lowest BCUT2D eigenvalue weighted by atomic mass is 10.1. The second kappa shape index (κ2) is 4.20. The molecule has 1 aromatic carbocycles. The van der Waals surface area contributed by atoms with Gasteiger partial charge in [0.25, 0.3) is 0 Å². The molecular weight excluding hydrogens is 216 g/mol. The van der Waals surface area contributed by atoms with Gasteiger partial charge in [-0.1, -0.05) is 29.8 Å². The fraction of sp³-hybridized carbons (Fsp3) is 0.182. The van der Waals surface area contributed by atoms with Gasteiger partial charge >= 0.3 is 0 Å². The van der Waals surface area contributed by atoms with Gasteiger partial charge in [-0.3, -0.25) is 4.79 Å². The first-order valence-corrected chi connectivity index (χ1v) is 5.76. The van der Waals surface area contributed by atoms with E-state index in [1.807, 2.05) is 30.3 Å². The Labute approximate surface area is 92.1 Å². The molecule has 2 rings (SSSR count). The smallest absolute Gasteiger partial charge is 0.147 e. The maximum Gasteiger partial charge on any atom is 0.147 e. The molecule has 0 saturated heterocycles. The van der Waals surface area contributed by atoms with Crippen LogP contribution in [0.15, 0.2) is 35.9 Å². The van der Waals surface area contributed by atoms with Crippen molar-refractivity contribution < 1.29 is 4.79 Å². The molecule has 1 heterocycles. The third-order valence-electron chi connectivity index (χ3n) is 2.19. The molecule has 1 aromatic rings. The van der Waals surface area contributed by atoms with Crippen LogP contribution in [-0.2, 0) is 4.79 Å². The first kappa shape index (κ1) is 9.81.